The van der Waals surface area contributed by atoms with E-state index < -0.39 is 17.6 Å². The molecule has 2 aliphatic carbocycles. The van der Waals surface area contributed by atoms with Gasteiger partial charge in [-0.15, -0.1) is 0 Å². The molecule has 0 aromatic heterocycles. The third-order valence-corrected chi connectivity index (χ3v) is 8.99. The standard InChI is InChI=1S/C31H37N3O5/c1-21(24-8-9-24)33(19-22-5-3-2-4-6-22)28(36)20-34-29(37)31(39-30(34)38)14-11-25-17-23(7-10-27(25)31)18-32-15-12-26(35)13-16-32/h2-7,10,17,21,24,26,35H,8-9,11-16,18-20H2,1H3. The molecule has 3 amide bonds. The number of piperidine rings is 1. The predicted octanol–water partition coefficient (Wildman–Crippen LogP) is 3.59. The number of aliphatic hydroxyl groups excluding tert-OH is 1. The van der Waals surface area contributed by atoms with Crippen LogP contribution >= 0.6 is 0 Å². The Bertz CT molecular complexity index is 1250. The number of amides is 3. The highest BCUT2D eigenvalue weighted by atomic mass is 16.6. The molecule has 3 fully saturated rings. The van der Waals surface area contributed by atoms with E-state index >= 15 is 0 Å². The molecule has 2 aromatic rings. The molecule has 6 rings (SSSR count). The van der Waals surface area contributed by atoms with Crippen molar-refractivity contribution in [1.29, 1.82) is 0 Å². The van der Waals surface area contributed by atoms with Gasteiger partial charge in [-0.25, -0.2) is 9.69 Å². The van der Waals surface area contributed by atoms with Crippen molar-refractivity contribution >= 4 is 17.9 Å². The maximum Gasteiger partial charge on any atom is 0.418 e. The van der Waals surface area contributed by atoms with E-state index in [1.807, 2.05) is 47.4 Å². The fraction of sp³-hybridized carbons (Fsp3) is 0.516. The normalized spacial score (nSPS) is 24.2. The van der Waals surface area contributed by atoms with E-state index in [2.05, 4.69) is 17.9 Å². The van der Waals surface area contributed by atoms with Crippen LogP contribution in [0.4, 0.5) is 4.79 Å². The van der Waals surface area contributed by atoms with Crippen LogP contribution < -0.4 is 0 Å². The molecular weight excluding hydrogens is 494 g/mol. The third kappa shape index (κ3) is 5.08. The van der Waals surface area contributed by atoms with Gasteiger partial charge < -0.3 is 14.7 Å². The van der Waals surface area contributed by atoms with Gasteiger partial charge in [-0.05, 0) is 61.6 Å². The van der Waals surface area contributed by atoms with Gasteiger partial charge in [0.1, 0.15) is 6.54 Å². The van der Waals surface area contributed by atoms with E-state index in [0.717, 1.165) is 72.5 Å². The van der Waals surface area contributed by atoms with Crippen molar-refractivity contribution in [2.45, 2.75) is 76.3 Å². The summed E-state index contributed by atoms with van der Waals surface area (Å²) in [5, 5.41) is 9.78. The minimum Gasteiger partial charge on any atom is -0.427 e. The second-order valence-electron chi connectivity index (χ2n) is 11.7. The summed E-state index contributed by atoms with van der Waals surface area (Å²) in [7, 11) is 0. The lowest BCUT2D eigenvalue weighted by molar-refractivity contribution is -0.143. The van der Waals surface area contributed by atoms with E-state index in [9.17, 15) is 19.5 Å². The van der Waals surface area contributed by atoms with Gasteiger partial charge in [0.25, 0.3) is 5.91 Å². The van der Waals surface area contributed by atoms with Crippen molar-refractivity contribution in [2.75, 3.05) is 19.6 Å². The lowest BCUT2D eigenvalue weighted by Crippen LogP contribution is -2.47. The van der Waals surface area contributed by atoms with Crippen LogP contribution in [0.1, 0.15) is 61.3 Å². The first-order valence-corrected chi connectivity index (χ1v) is 14.2. The summed E-state index contributed by atoms with van der Waals surface area (Å²) in [5.41, 5.74) is 2.59. The van der Waals surface area contributed by atoms with Crippen molar-refractivity contribution in [3.05, 3.63) is 70.8 Å². The molecule has 2 saturated heterocycles. The number of ether oxygens (including phenoxy) is 1. The fourth-order valence-electron chi connectivity index (χ4n) is 6.44. The maximum atomic E-state index is 13.7. The number of hydrogen-bond acceptors (Lipinski definition) is 6. The van der Waals surface area contributed by atoms with Crippen LogP contribution in [0.5, 0.6) is 0 Å². The number of aliphatic hydroxyl groups is 1. The van der Waals surface area contributed by atoms with Crippen LogP contribution in [0.25, 0.3) is 0 Å². The Morgan fingerprint density at radius 2 is 1.82 bits per heavy atom. The maximum absolute atomic E-state index is 13.7. The van der Waals surface area contributed by atoms with Gasteiger partial charge >= 0.3 is 6.09 Å². The number of likely N-dealkylation sites (tertiary alicyclic amines) is 1. The Kier molecular flexibility index (Phi) is 6.93. The zero-order valence-electron chi connectivity index (χ0n) is 22.6. The predicted molar refractivity (Wildman–Crippen MR) is 144 cm³/mol. The highest BCUT2D eigenvalue weighted by Gasteiger charge is 2.58. The van der Waals surface area contributed by atoms with E-state index in [4.69, 9.17) is 4.74 Å². The number of carbonyl (C=O) groups is 3. The number of aryl methyl sites for hydroxylation is 1. The number of benzene rings is 2. The highest BCUT2D eigenvalue weighted by molar-refractivity contribution is 6.06. The topological polar surface area (TPSA) is 90.4 Å². The van der Waals surface area contributed by atoms with Crippen LogP contribution in [-0.2, 0) is 39.4 Å². The Morgan fingerprint density at radius 3 is 2.54 bits per heavy atom. The molecule has 2 heterocycles. The first-order valence-electron chi connectivity index (χ1n) is 14.2. The summed E-state index contributed by atoms with van der Waals surface area (Å²) < 4.78 is 5.81. The van der Waals surface area contributed by atoms with E-state index in [-0.39, 0.29) is 24.6 Å². The lowest BCUT2D eigenvalue weighted by atomic mass is 9.94. The smallest absolute Gasteiger partial charge is 0.418 e. The first kappa shape index (κ1) is 26.0. The van der Waals surface area contributed by atoms with E-state index in [1.165, 1.54) is 0 Å². The molecule has 0 bridgehead atoms. The fourth-order valence-corrected chi connectivity index (χ4v) is 6.44. The van der Waals surface area contributed by atoms with Gasteiger partial charge in [0.2, 0.25) is 11.5 Å². The number of imide groups is 1. The molecule has 2 unspecified atom stereocenters. The minimum absolute atomic E-state index is 0.0363. The summed E-state index contributed by atoms with van der Waals surface area (Å²) in [4.78, 5) is 45.5. The van der Waals surface area contributed by atoms with E-state index in [1.54, 1.807) is 0 Å². The second-order valence-corrected chi connectivity index (χ2v) is 11.7. The molecule has 2 aliphatic heterocycles. The molecule has 8 nitrogen and oxygen atoms in total. The molecule has 0 radical (unpaired) electrons. The molecule has 1 N–H and O–H groups in total. The Hall–Kier alpha value is -3.23. The van der Waals surface area contributed by atoms with Crippen molar-refractivity contribution in [3.63, 3.8) is 0 Å². The summed E-state index contributed by atoms with van der Waals surface area (Å²) in [6.45, 7) is 4.71. The van der Waals surface area contributed by atoms with E-state index in [0.29, 0.717) is 25.3 Å². The average molecular weight is 532 g/mol. The van der Waals surface area contributed by atoms with Gasteiger partial charge in [-0.3, -0.25) is 14.5 Å². The Labute approximate surface area is 229 Å². The number of rotatable bonds is 8. The molecule has 8 heteroatoms. The number of nitrogens with zero attached hydrogens (tertiary/aromatic N) is 3. The van der Waals surface area contributed by atoms with Crippen molar-refractivity contribution < 1.29 is 24.2 Å². The molecule has 39 heavy (non-hydrogen) atoms. The summed E-state index contributed by atoms with van der Waals surface area (Å²) >= 11 is 0. The van der Waals surface area contributed by atoms with Crippen LogP contribution in [0, 0.1) is 5.92 Å². The van der Waals surface area contributed by atoms with Crippen LogP contribution in [0.15, 0.2) is 48.5 Å². The van der Waals surface area contributed by atoms with Crippen molar-refractivity contribution in [2.24, 2.45) is 5.92 Å². The molecule has 206 valence electrons. The van der Waals surface area contributed by atoms with Crippen molar-refractivity contribution in [1.82, 2.24) is 14.7 Å². The molecule has 2 atom stereocenters. The van der Waals surface area contributed by atoms with Gasteiger partial charge in [-0.2, -0.15) is 0 Å². The largest absolute Gasteiger partial charge is 0.427 e. The third-order valence-electron chi connectivity index (χ3n) is 8.99. The van der Waals surface area contributed by atoms with Crippen LogP contribution in [-0.4, -0.2) is 69.5 Å². The number of fused-ring (bicyclic) bond motifs is 2. The molecule has 4 aliphatic rings. The number of hydrogen-bond donors (Lipinski definition) is 1. The van der Waals surface area contributed by atoms with Gasteiger partial charge in [-0.1, -0.05) is 48.5 Å². The SMILES string of the molecule is CC(C1CC1)N(Cc1ccccc1)C(=O)CN1C(=O)OC2(CCc3cc(CN4CCC(O)CC4)ccc32)C1=O. The molecule has 2 aromatic carbocycles. The summed E-state index contributed by atoms with van der Waals surface area (Å²) in [6, 6.07) is 15.9. The van der Waals surface area contributed by atoms with Gasteiger partial charge in [0.05, 0.1) is 6.10 Å². The zero-order valence-corrected chi connectivity index (χ0v) is 22.6. The second kappa shape index (κ2) is 10.4. The lowest BCUT2D eigenvalue weighted by Gasteiger charge is -2.30. The molecule has 1 spiro atoms. The van der Waals surface area contributed by atoms with Gasteiger partial charge in [0, 0.05) is 44.2 Å². The number of carbonyl (C=O) groups excluding carboxylic acids is 3. The zero-order chi connectivity index (χ0) is 27.1. The monoisotopic (exact) mass is 531 g/mol. The highest BCUT2D eigenvalue weighted by Crippen LogP contribution is 2.46. The molecular formula is C31H37N3O5. The summed E-state index contributed by atoms with van der Waals surface area (Å²) in [6.07, 6.45) is 3.84. The van der Waals surface area contributed by atoms with Gasteiger partial charge in [0.15, 0.2) is 0 Å². The first-order chi connectivity index (χ1) is 18.8. The van der Waals surface area contributed by atoms with Crippen LogP contribution in [0.2, 0.25) is 0 Å². The Balaban J connectivity index is 1.17. The Morgan fingerprint density at radius 1 is 1.08 bits per heavy atom. The minimum atomic E-state index is -1.34. The average Bonchev–Trinajstić information content (AvgIpc) is 3.69. The van der Waals surface area contributed by atoms with Crippen LogP contribution in [0.3, 0.4) is 0 Å². The van der Waals surface area contributed by atoms with Crippen molar-refractivity contribution in [3.8, 4) is 0 Å². The molecule has 1 saturated carbocycles. The quantitative estimate of drug-likeness (QED) is 0.560. The summed E-state index contributed by atoms with van der Waals surface area (Å²) in [5.74, 6) is -0.215.